The molecule has 1 fully saturated rings. The molecule has 0 saturated carbocycles. The first kappa shape index (κ1) is 19.1. The molecule has 0 bridgehead atoms. The van der Waals surface area contributed by atoms with Crippen molar-refractivity contribution in [1.82, 2.24) is 25.8 Å². The highest BCUT2D eigenvalue weighted by Gasteiger charge is 2.26. The first-order valence-electron chi connectivity index (χ1n) is 9.02. The number of nitrogens with zero attached hydrogens (tertiary/aromatic N) is 5. The van der Waals surface area contributed by atoms with E-state index in [9.17, 15) is 4.39 Å². The molecule has 1 saturated heterocycles. The van der Waals surface area contributed by atoms with Gasteiger partial charge in [-0.25, -0.2) is 9.37 Å². The number of rotatable bonds is 4. The molecule has 27 heavy (non-hydrogen) atoms. The molecular weight excluding hydrogens is 349 g/mol. The van der Waals surface area contributed by atoms with Gasteiger partial charge in [0.2, 0.25) is 5.89 Å². The minimum atomic E-state index is -0.299. The second-order valence-electron chi connectivity index (χ2n) is 7.58. The lowest BCUT2D eigenvalue weighted by molar-refractivity contribution is 0.318. The Labute approximate surface area is 158 Å². The highest BCUT2D eigenvalue weighted by molar-refractivity contribution is 5.80. The molecule has 0 aromatic carbocycles. The van der Waals surface area contributed by atoms with Gasteiger partial charge in [-0.05, 0) is 18.6 Å². The van der Waals surface area contributed by atoms with E-state index in [1.807, 2.05) is 25.7 Å². The van der Waals surface area contributed by atoms with Crippen molar-refractivity contribution in [3.8, 4) is 0 Å². The van der Waals surface area contributed by atoms with E-state index in [0.717, 1.165) is 13.0 Å². The van der Waals surface area contributed by atoms with Crippen LogP contribution in [-0.4, -0.2) is 47.3 Å². The van der Waals surface area contributed by atoms with Crippen LogP contribution in [0.1, 0.15) is 38.9 Å². The Morgan fingerprint density at radius 3 is 2.93 bits per heavy atom. The zero-order valence-corrected chi connectivity index (χ0v) is 16.2. The van der Waals surface area contributed by atoms with Gasteiger partial charge in [0.25, 0.3) is 0 Å². The van der Waals surface area contributed by atoms with Gasteiger partial charge in [0.05, 0.1) is 6.54 Å². The van der Waals surface area contributed by atoms with E-state index >= 15 is 0 Å². The number of guanidine groups is 1. The molecule has 0 radical (unpaired) electrons. The average Bonchev–Trinajstić information content (AvgIpc) is 3.28. The predicted octanol–water partition coefficient (Wildman–Crippen LogP) is 1.85. The topological polar surface area (TPSA) is 91.5 Å². The standard InChI is InChI=1S/C18H26FN7O/c1-18(2,3)16-24-14(25-27-16)10-22-17(20-4)23-12-7-9-26(11-12)15-13(19)6-5-8-21-15/h5-6,8,12H,7,9-11H2,1-4H3,(H2,20,22,23). The van der Waals surface area contributed by atoms with Gasteiger partial charge in [-0.3, -0.25) is 4.99 Å². The Morgan fingerprint density at radius 2 is 2.26 bits per heavy atom. The molecule has 9 heteroatoms. The molecule has 3 rings (SSSR count). The van der Waals surface area contributed by atoms with Crippen molar-refractivity contribution in [2.45, 2.75) is 45.2 Å². The number of aromatic nitrogens is 3. The van der Waals surface area contributed by atoms with Gasteiger partial charge >= 0.3 is 0 Å². The average molecular weight is 375 g/mol. The Hall–Kier alpha value is -2.71. The van der Waals surface area contributed by atoms with Crippen LogP contribution in [0.5, 0.6) is 0 Å². The van der Waals surface area contributed by atoms with Crippen LogP contribution in [0.2, 0.25) is 0 Å². The van der Waals surface area contributed by atoms with Crippen LogP contribution in [0.15, 0.2) is 27.8 Å². The molecule has 2 N–H and O–H groups in total. The Balaban J connectivity index is 1.52. The number of halogens is 1. The summed E-state index contributed by atoms with van der Waals surface area (Å²) in [4.78, 5) is 14.7. The lowest BCUT2D eigenvalue weighted by Crippen LogP contribution is -2.44. The summed E-state index contributed by atoms with van der Waals surface area (Å²) in [5, 5.41) is 10.5. The SMILES string of the molecule is CN=C(NCc1noc(C(C)(C)C)n1)NC1CCN(c2ncccc2F)C1. The van der Waals surface area contributed by atoms with Crippen LogP contribution in [0.3, 0.4) is 0 Å². The van der Waals surface area contributed by atoms with Crippen LogP contribution in [0.25, 0.3) is 0 Å². The first-order chi connectivity index (χ1) is 12.9. The van der Waals surface area contributed by atoms with Crippen molar-refractivity contribution >= 4 is 11.8 Å². The Kier molecular flexibility index (Phi) is 5.57. The molecule has 1 atom stereocenters. The van der Waals surface area contributed by atoms with Gasteiger partial charge in [-0.15, -0.1) is 0 Å². The number of anilines is 1. The summed E-state index contributed by atoms with van der Waals surface area (Å²) >= 11 is 0. The Bertz CT molecular complexity index is 799. The molecule has 1 unspecified atom stereocenters. The van der Waals surface area contributed by atoms with Crippen molar-refractivity contribution in [2.24, 2.45) is 4.99 Å². The molecule has 8 nitrogen and oxygen atoms in total. The van der Waals surface area contributed by atoms with Crippen molar-refractivity contribution in [2.75, 3.05) is 25.0 Å². The van der Waals surface area contributed by atoms with E-state index < -0.39 is 0 Å². The maximum atomic E-state index is 13.9. The van der Waals surface area contributed by atoms with Gasteiger partial charge < -0.3 is 20.1 Å². The van der Waals surface area contributed by atoms with Crippen LogP contribution in [0, 0.1) is 5.82 Å². The van der Waals surface area contributed by atoms with Gasteiger partial charge in [0.1, 0.15) is 0 Å². The third-order valence-corrected chi connectivity index (χ3v) is 4.31. The molecule has 0 amide bonds. The van der Waals surface area contributed by atoms with E-state index in [2.05, 4.69) is 30.8 Å². The Morgan fingerprint density at radius 1 is 1.44 bits per heavy atom. The third-order valence-electron chi connectivity index (χ3n) is 4.31. The van der Waals surface area contributed by atoms with Gasteiger partial charge in [0.15, 0.2) is 23.4 Å². The predicted molar refractivity (Wildman–Crippen MR) is 101 cm³/mol. The second-order valence-corrected chi connectivity index (χ2v) is 7.58. The highest BCUT2D eigenvalue weighted by atomic mass is 19.1. The molecule has 0 aliphatic carbocycles. The third kappa shape index (κ3) is 4.72. The summed E-state index contributed by atoms with van der Waals surface area (Å²) in [7, 11) is 1.71. The smallest absolute Gasteiger partial charge is 0.232 e. The summed E-state index contributed by atoms with van der Waals surface area (Å²) < 4.78 is 19.2. The van der Waals surface area contributed by atoms with Crippen molar-refractivity contribution in [3.63, 3.8) is 0 Å². The molecule has 0 spiro atoms. The number of hydrogen-bond donors (Lipinski definition) is 2. The summed E-state index contributed by atoms with van der Waals surface area (Å²) in [6, 6.07) is 3.17. The van der Waals surface area contributed by atoms with Gasteiger partial charge in [0, 0.05) is 37.8 Å². The normalized spacial score (nSPS) is 18.0. The molecule has 1 aliphatic rings. The summed E-state index contributed by atoms with van der Waals surface area (Å²) in [5.41, 5.74) is -0.181. The van der Waals surface area contributed by atoms with Crippen LogP contribution in [-0.2, 0) is 12.0 Å². The molecule has 3 heterocycles. The maximum Gasteiger partial charge on any atom is 0.232 e. The van der Waals surface area contributed by atoms with E-state index in [-0.39, 0.29) is 17.3 Å². The molecule has 146 valence electrons. The second kappa shape index (κ2) is 7.89. The quantitative estimate of drug-likeness (QED) is 0.622. The zero-order chi connectivity index (χ0) is 19.4. The fourth-order valence-electron chi connectivity index (χ4n) is 2.86. The van der Waals surface area contributed by atoms with Crippen LogP contribution < -0.4 is 15.5 Å². The van der Waals surface area contributed by atoms with Crippen molar-refractivity contribution in [1.29, 1.82) is 0 Å². The summed E-state index contributed by atoms with van der Waals surface area (Å²) in [6.07, 6.45) is 2.48. The van der Waals surface area contributed by atoms with E-state index in [1.54, 1.807) is 19.3 Å². The number of nitrogens with one attached hydrogen (secondary N) is 2. The monoisotopic (exact) mass is 375 g/mol. The summed E-state index contributed by atoms with van der Waals surface area (Å²) in [5.74, 6) is 1.92. The molecule has 1 aliphatic heterocycles. The fraction of sp³-hybridized carbons (Fsp3) is 0.556. The molecule has 2 aromatic heterocycles. The molecule has 2 aromatic rings. The van der Waals surface area contributed by atoms with Gasteiger partial charge in [-0.2, -0.15) is 4.98 Å². The van der Waals surface area contributed by atoms with Crippen LogP contribution in [0.4, 0.5) is 10.2 Å². The molecular formula is C18H26FN7O. The highest BCUT2D eigenvalue weighted by Crippen LogP contribution is 2.21. The fourth-order valence-corrected chi connectivity index (χ4v) is 2.86. The minimum Gasteiger partial charge on any atom is -0.352 e. The van der Waals surface area contributed by atoms with Crippen LogP contribution >= 0.6 is 0 Å². The number of pyridine rings is 1. The zero-order valence-electron chi connectivity index (χ0n) is 16.2. The van der Waals surface area contributed by atoms with Crippen molar-refractivity contribution < 1.29 is 8.91 Å². The number of hydrogen-bond acceptors (Lipinski definition) is 6. The lowest BCUT2D eigenvalue weighted by Gasteiger charge is -2.19. The largest absolute Gasteiger partial charge is 0.352 e. The maximum absolute atomic E-state index is 13.9. The first-order valence-corrected chi connectivity index (χ1v) is 9.02. The summed E-state index contributed by atoms with van der Waals surface area (Å²) in [6.45, 7) is 7.87. The van der Waals surface area contributed by atoms with E-state index in [1.165, 1.54) is 6.07 Å². The number of aliphatic imine (C=N–C) groups is 1. The van der Waals surface area contributed by atoms with Gasteiger partial charge in [-0.1, -0.05) is 25.9 Å². The lowest BCUT2D eigenvalue weighted by atomic mass is 9.97. The van der Waals surface area contributed by atoms with E-state index in [4.69, 9.17) is 4.52 Å². The van der Waals surface area contributed by atoms with E-state index in [0.29, 0.717) is 36.6 Å². The minimum absolute atomic E-state index is 0.146. The van der Waals surface area contributed by atoms with Crippen molar-refractivity contribution in [3.05, 3.63) is 35.9 Å².